The number of nitrogens with zero attached hydrogens (tertiary/aromatic N) is 2. The maximum absolute atomic E-state index is 11.9. The molecule has 0 bridgehead atoms. The van der Waals surface area contributed by atoms with Crippen molar-refractivity contribution in [1.29, 1.82) is 0 Å². The summed E-state index contributed by atoms with van der Waals surface area (Å²) in [6.45, 7) is 2.79. The zero-order valence-corrected chi connectivity index (χ0v) is 9.42. The number of nitrogens with one attached hydrogen (secondary N) is 1. The molecule has 0 radical (unpaired) electrons. The highest BCUT2D eigenvalue weighted by molar-refractivity contribution is 5.08. The molecule has 0 aliphatic heterocycles. The Labute approximate surface area is 97.2 Å². The van der Waals surface area contributed by atoms with E-state index in [0.29, 0.717) is 12.2 Å². The molecule has 1 heterocycles. The summed E-state index contributed by atoms with van der Waals surface area (Å²) in [4.78, 5) is 7.86. The summed E-state index contributed by atoms with van der Waals surface area (Å²) in [6, 6.07) is 0. The van der Waals surface area contributed by atoms with Gasteiger partial charge in [-0.25, -0.2) is 4.98 Å². The van der Waals surface area contributed by atoms with Crippen LogP contribution in [0.15, 0.2) is 12.4 Å². The Hall–Kier alpha value is -1.37. The van der Waals surface area contributed by atoms with Crippen molar-refractivity contribution in [2.45, 2.75) is 26.1 Å². The van der Waals surface area contributed by atoms with Gasteiger partial charge in [0.2, 0.25) is 5.88 Å². The Morgan fingerprint density at radius 1 is 1.35 bits per heavy atom. The van der Waals surface area contributed by atoms with E-state index in [1.807, 2.05) is 6.92 Å². The second-order valence-corrected chi connectivity index (χ2v) is 3.34. The maximum Gasteiger partial charge on any atom is 0.392 e. The van der Waals surface area contributed by atoms with Gasteiger partial charge in [0.05, 0.1) is 24.9 Å². The summed E-state index contributed by atoms with van der Waals surface area (Å²) >= 11 is 0. The predicted octanol–water partition coefficient (Wildman–Crippen LogP) is 1.92. The second kappa shape index (κ2) is 6.39. The molecular weight excluding hydrogens is 235 g/mol. The van der Waals surface area contributed by atoms with Crippen molar-refractivity contribution in [3.8, 4) is 5.88 Å². The minimum absolute atomic E-state index is 0.115. The molecule has 0 saturated heterocycles. The summed E-state index contributed by atoms with van der Waals surface area (Å²) in [6.07, 6.45) is -2.37. The van der Waals surface area contributed by atoms with Crippen LogP contribution in [0.5, 0.6) is 5.88 Å². The summed E-state index contributed by atoms with van der Waals surface area (Å²) in [5.41, 5.74) is 0.636. The van der Waals surface area contributed by atoms with Crippen LogP contribution in [0.25, 0.3) is 0 Å². The van der Waals surface area contributed by atoms with E-state index in [2.05, 4.69) is 15.3 Å². The van der Waals surface area contributed by atoms with Crippen molar-refractivity contribution < 1.29 is 17.9 Å². The fourth-order valence-electron chi connectivity index (χ4n) is 1.07. The normalized spacial score (nSPS) is 11.5. The van der Waals surface area contributed by atoms with Gasteiger partial charge >= 0.3 is 6.18 Å². The number of alkyl halides is 3. The van der Waals surface area contributed by atoms with Crippen molar-refractivity contribution in [1.82, 2.24) is 15.3 Å². The van der Waals surface area contributed by atoms with Crippen molar-refractivity contribution in [3.63, 3.8) is 0 Å². The highest BCUT2D eigenvalue weighted by Gasteiger charge is 2.26. The molecule has 1 aromatic heterocycles. The van der Waals surface area contributed by atoms with Crippen molar-refractivity contribution in [3.05, 3.63) is 18.1 Å². The largest absolute Gasteiger partial charge is 0.476 e. The summed E-state index contributed by atoms with van der Waals surface area (Å²) in [5.74, 6) is 0.115. The Bertz CT molecular complexity index is 344. The van der Waals surface area contributed by atoms with E-state index in [9.17, 15) is 13.2 Å². The molecule has 1 rings (SSSR count). The lowest BCUT2D eigenvalue weighted by atomic mass is 10.4. The van der Waals surface area contributed by atoms with Crippen LogP contribution in [-0.4, -0.2) is 29.3 Å². The number of halogens is 3. The van der Waals surface area contributed by atoms with E-state index in [0.717, 1.165) is 6.54 Å². The van der Waals surface area contributed by atoms with Crippen LogP contribution < -0.4 is 10.1 Å². The lowest BCUT2D eigenvalue weighted by Crippen LogP contribution is -2.15. The number of rotatable bonds is 6. The molecule has 0 aliphatic carbocycles. The molecule has 17 heavy (non-hydrogen) atoms. The van der Waals surface area contributed by atoms with Gasteiger partial charge in [-0.3, -0.25) is 4.98 Å². The van der Waals surface area contributed by atoms with E-state index in [-0.39, 0.29) is 5.88 Å². The Balaban J connectivity index is 2.43. The van der Waals surface area contributed by atoms with Crippen LogP contribution in [0.1, 0.15) is 19.0 Å². The summed E-state index contributed by atoms with van der Waals surface area (Å²) < 4.78 is 40.5. The molecule has 0 atom stereocenters. The van der Waals surface area contributed by atoms with Crippen LogP contribution in [0.3, 0.4) is 0 Å². The van der Waals surface area contributed by atoms with Gasteiger partial charge in [-0.2, -0.15) is 13.2 Å². The average Bonchev–Trinajstić information content (AvgIpc) is 2.25. The maximum atomic E-state index is 11.9. The summed E-state index contributed by atoms with van der Waals surface area (Å²) in [5, 5.41) is 3.03. The van der Waals surface area contributed by atoms with Gasteiger partial charge < -0.3 is 10.1 Å². The molecule has 0 spiro atoms. The minimum atomic E-state index is -4.21. The zero-order valence-electron chi connectivity index (χ0n) is 9.42. The van der Waals surface area contributed by atoms with Crippen LogP contribution in [-0.2, 0) is 6.54 Å². The molecule has 0 aliphatic rings. The molecule has 1 aromatic rings. The van der Waals surface area contributed by atoms with Crippen LogP contribution >= 0.6 is 0 Å². The van der Waals surface area contributed by atoms with Gasteiger partial charge in [-0.05, 0) is 6.54 Å². The van der Waals surface area contributed by atoms with Crippen molar-refractivity contribution in [2.75, 3.05) is 13.2 Å². The standard InChI is InChI=1S/C10H14F3N3O/c1-2-14-5-8-6-15-7-9(16-8)17-4-3-10(11,12)13/h6-7,14H,2-5H2,1H3. The average molecular weight is 249 g/mol. The van der Waals surface area contributed by atoms with Gasteiger partial charge in [0.15, 0.2) is 0 Å². The molecule has 0 fully saturated rings. The Kier molecular flexibility index (Phi) is 5.14. The van der Waals surface area contributed by atoms with Gasteiger partial charge in [-0.15, -0.1) is 0 Å². The molecule has 4 nitrogen and oxygen atoms in total. The number of ether oxygens (including phenoxy) is 1. The minimum Gasteiger partial charge on any atom is -0.476 e. The second-order valence-electron chi connectivity index (χ2n) is 3.34. The van der Waals surface area contributed by atoms with E-state index in [4.69, 9.17) is 4.74 Å². The van der Waals surface area contributed by atoms with Gasteiger partial charge in [0, 0.05) is 12.7 Å². The fraction of sp³-hybridized carbons (Fsp3) is 0.600. The molecule has 0 saturated carbocycles. The topological polar surface area (TPSA) is 47.0 Å². The predicted molar refractivity (Wildman–Crippen MR) is 55.6 cm³/mol. The first-order valence-corrected chi connectivity index (χ1v) is 5.22. The number of hydrogen-bond acceptors (Lipinski definition) is 4. The SMILES string of the molecule is CCNCc1cncc(OCCC(F)(F)F)n1. The molecule has 7 heteroatoms. The smallest absolute Gasteiger partial charge is 0.392 e. The molecule has 0 unspecified atom stereocenters. The van der Waals surface area contributed by atoms with E-state index in [1.165, 1.54) is 6.20 Å². The van der Waals surface area contributed by atoms with Crippen molar-refractivity contribution >= 4 is 0 Å². The first-order valence-electron chi connectivity index (χ1n) is 5.22. The van der Waals surface area contributed by atoms with Crippen LogP contribution in [0, 0.1) is 0 Å². The molecular formula is C10H14F3N3O. The van der Waals surface area contributed by atoms with Crippen LogP contribution in [0.2, 0.25) is 0 Å². The molecule has 0 aromatic carbocycles. The monoisotopic (exact) mass is 249 g/mol. The third-order valence-corrected chi connectivity index (χ3v) is 1.85. The number of aromatic nitrogens is 2. The Morgan fingerprint density at radius 3 is 2.76 bits per heavy atom. The molecule has 0 amide bonds. The molecule has 96 valence electrons. The lowest BCUT2D eigenvalue weighted by molar-refractivity contribution is -0.139. The summed E-state index contributed by atoms with van der Waals surface area (Å²) in [7, 11) is 0. The van der Waals surface area contributed by atoms with Gasteiger partial charge in [0.25, 0.3) is 0 Å². The van der Waals surface area contributed by atoms with Gasteiger partial charge in [-0.1, -0.05) is 6.92 Å². The van der Waals surface area contributed by atoms with E-state index < -0.39 is 19.2 Å². The third-order valence-electron chi connectivity index (χ3n) is 1.85. The van der Waals surface area contributed by atoms with Crippen LogP contribution in [0.4, 0.5) is 13.2 Å². The van der Waals surface area contributed by atoms with E-state index in [1.54, 1.807) is 6.20 Å². The highest BCUT2D eigenvalue weighted by atomic mass is 19.4. The number of hydrogen-bond donors (Lipinski definition) is 1. The first kappa shape index (κ1) is 13.7. The zero-order chi connectivity index (χ0) is 12.7. The van der Waals surface area contributed by atoms with Gasteiger partial charge in [0.1, 0.15) is 0 Å². The third kappa shape index (κ3) is 6.06. The van der Waals surface area contributed by atoms with Crippen molar-refractivity contribution in [2.24, 2.45) is 0 Å². The quantitative estimate of drug-likeness (QED) is 0.836. The fourth-order valence-corrected chi connectivity index (χ4v) is 1.07. The molecule has 1 N–H and O–H groups in total. The highest BCUT2D eigenvalue weighted by Crippen LogP contribution is 2.19. The van der Waals surface area contributed by atoms with E-state index >= 15 is 0 Å². The first-order chi connectivity index (χ1) is 8.01. The Morgan fingerprint density at radius 2 is 2.12 bits per heavy atom. The lowest BCUT2D eigenvalue weighted by Gasteiger charge is -2.08.